The van der Waals surface area contributed by atoms with Crippen LogP contribution < -0.4 is 5.32 Å². The van der Waals surface area contributed by atoms with Gasteiger partial charge in [-0.3, -0.25) is 10.1 Å². The van der Waals surface area contributed by atoms with Gasteiger partial charge in [-0.1, -0.05) is 30.4 Å². The summed E-state index contributed by atoms with van der Waals surface area (Å²) in [5.74, 6) is -0.230. The molecule has 98 valence electrons. The fraction of sp³-hybridized carbons (Fsp3) is 0.231. The summed E-state index contributed by atoms with van der Waals surface area (Å²) >= 11 is 1.05. The summed E-state index contributed by atoms with van der Waals surface area (Å²) in [7, 11) is 0. The Labute approximate surface area is 114 Å². The van der Waals surface area contributed by atoms with Crippen molar-refractivity contribution in [2.24, 2.45) is 5.18 Å². The topological polar surface area (TPSA) is 71.4 Å². The van der Waals surface area contributed by atoms with Crippen LogP contribution in [-0.4, -0.2) is 10.9 Å². The highest BCUT2D eigenvalue weighted by Crippen LogP contribution is 2.26. The zero-order chi connectivity index (χ0) is 13.8. The van der Waals surface area contributed by atoms with Crippen LogP contribution in [-0.2, 0) is 6.42 Å². The number of hydrogen-bond donors (Lipinski definition) is 1. The first kappa shape index (κ1) is 13.4. The summed E-state index contributed by atoms with van der Waals surface area (Å²) in [6.07, 6.45) is 2.27. The predicted molar refractivity (Wildman–Crippen MR) is 76.1 cm³/mol. The van der Waals surface area contributed by atoms with Gasteiger partial charge in [-0.25, -0.2) is 4.98 Å². The molecule has 0 bridgehead atoms. The average molecular weight is 275 g/mol. The SMILES string of the molecule is CCc1ccc(C(=O)Nc2ncc(N=O)s2)c(C)c1. The van der Waals surface area contributed by atoms with E-state index >= 15 is 0 Å². The molecule has 0 unspecified atom stereocenters. The van der Waals surface area contributed by atoms with Crippen molar-refractivity contribution >= 4 is 27.4 Å². The molecule has 1 heterocycles. The van der Waals surface area contributed by atoms with E-state index in [0.717, 1.165) is 23.3 Å². The Morgan fingerprint density at radius 2 is 2.26 bits per heavy atom. The van der Waals surface area contributed by atoms with E-state index < -0.39 is 0 Å². The first-order valence-corrected chi connectivity index (χ1v) is 6.65. The monoisotopic (exact) mass is 275 g/mol. The molecule has 5 nitrogen and oxygen atoms in total. The molecule has 2 aromatic rings. The van der Waals surface area contributed by atoms with Crippen molar-refractivity contribution in [2.45, 2.75) is 20.3 Å². The number of carbonyl (C=O) groups is 1. The van der Waals surface area contributed by atoms with E-state index in [-0.39, 0.29) is 10.9 Å². The quantitative estimate of drug-likeness (QED) is 0.865. The summed E-state index contributed by atoms with van der Waals surface area (Å²) in [6, 6.07) is 5.73. The standard InChI is InChI=1S/C13H13N3O2S/c1-3-9-4-5-10(8(2)6-9)12(17)15-13-14-7-11(16-18)19-13/h4-7H,3H2,1-2H3,(H,14,15,17). The van der Waals surface area contributed by atoms with E-state index in [0.29, 0.717) is 10.7 Å². The molecule has 0 spiro atoms. The summed E-state index contributed by atoms with van der Waals surface area (Å²) in [5, 5.41) is 6.04. The number of aromatic nitrogens is 1. The zero-order valence-electron chi connectivity index (χ0n) is 10.6. The maximum absolute atomic E-state index is 12.1. The summed E-state index contributed by atoms with van der Waals surface area (Å²) in [6.45, 7) is 3.96. The van der Waals surface area contributed by atoms with Crippen LogP contribution in [0, 0.1) is 11.8 Å². The van der Waals surface area contributed by atoms with Crippen molar-refractivity contribution in [3.8, 4) is 0 Å². The Kier molecular flexibility index (Phi) is 4.01. The molecule has 1 aromatic heterocycles. The summed E-state index contributed by atoms with van der Waals surface area (Å²) in [5.41, 5.74) is 2.71. The average Bonchev–Trinajstić information content (AvgIpc) is 2.86. The highest BCUT2D eigenvalue weighted by atomic mass is 32.1. The molecule has 2 rings (SSSR count). The molecule has 1 amide bonds. The molecule has 0 atom stereocenters. The first-order valence-electron chi connectivity index (χ1n) is 5.84. The lowest BCUT2D eigenvalue weighted by molar-refractivity contribution is 0.102. The lowest BCUT2D eigenvalue weighted by atomic mass is 10.0. The second-order valence-electron chi connectivity index (χ2n) is 4.05. The minimum absolute atomic E-state index is 0.230. The number of thiazole rings is 1. The Bertz CT molecular complexity index is 622. The van der Waals surface area contributed by atoms with E-state index in [1.807, 2.05) is 19.1 Å². The van der Waals surface area contributed by atoms with Crippen LogP contribution in [0.3, 0.4) is 0 Å². The Morgan fingerprint density at radius 1 is 1.47 bits per heavy atom. The number of rotatable bonds is 4. The van der Waals surface area contributed by atoms with Gasteiger partial charge in [0.1, 0.15) is 0 Å². The van der Waals surface area contributed by atoms with Crippen molar-refractivity contribution in [3.63, 3.8) is 0 Å². The van der Waals surface area contributed by atoms with Gasteiger partial charge in [0.2, 0.25) is 0 Å². The number of hydrogen-bond acceptors (Lipinski definition) is 5. The Morgan fingerprint density at radius 3 is 2.84 bits per heavy atom. The highest BCUT2D eigenvalue weighted by Gasteiger charge is 2.11. The van der Waals surface area contributed by atoms with Crippen LogP contribution in [0.2, 0.25) is 0 Å². The lowest BCUT2D eigenvalue weighted by Gasteiger charge is -2.07. The number of carbonyl (C=O) groups excluding carboxylic acids is 1. The number of benzene rings is 1. The fourth-order valence-electron chi connectivity index (χ4n) is 1.73. The molecule has 0 saturated carbocycles. The number of anilines is 1. The van der Waals surface area contributed by atoms with Crippen LogP contribution in [0.25, 0.3) is 0 Å². The van der Waals surface area contributed by atoms with Crippen LogP contribution >= 0.6 is 11.3 Å². The van der Waals surface area contributed by atoms with Gasteiger partial charge in [-0.15, -0.1) is 4.91 Å². The maximum Gasteiger partial charge on any atom is 0.257 e. The van der Waals surface area contributed by atoms with Crippen LogP contribution in [0.1, 0.15) is 28.4 Å². The summed E-state index contributed by atoms with van der Waals surface area (Å²) in [4.78, 5) is 26.3. The third-order valence-electron chi connectivity index (χ3n) is 2.75. The molecular formula is C13H13N3O2S. The van der Waals surface area contributed by atoms with E-state index in [1.54, 1.807) is 6.07 Å². The Balaban J connectivity index is 2.17. The fourth-order valence-corrected chi connectivity index (χ4v) is 2.32. The van der Waals surface area contributed by atoms with E-state index in [1.165, 1.54) is 11.8 Å². The van der Waals surface area contributed by atoms with Gasteiger partial charge in [0, 0.05) is 5.56 Å². The third kappa shape index (κ3) is 3.03. The van der Waals surface area contributed by atoms with Crippen molar-refractivity contribution < 1.29 is 4.79 Å². The van der Waals surface area contributed by atoms with Crippen molar-refractivity contribution in [2.75, 3.05) is 5.32 Å². The molecule has 1 N–H and O–H groups in total. The van der Waals surface area contributed by atoms with E-state index in [9.17, 15) is 9.70 Å². The molecule has 1 aromatic carbocycles. The maximum atomic E-state index is 12.1. The van der Waals surface area contributed by atoms with Crippen molar-refractivity contribution in [1.82, 2.24) is 4.98 Å². The van der Waals surface area contributed by atoms with E-state index in [2.05, 4.69) is 22.4 Å². The minimum atomic E-state index is -0.230. The van der Waals surface area contributed by atoms with Crippen molar-refractivity contribution in [3.05, 3.63) is 46.0 Å². The third-order valence-corrected chi connectivity index (χ3v) is 3.54. The van der Waals surface area contributed by atoms with Gasteiger partial charge in [-0.2, -0.15) is 0 Å². The van der Waals surface area contributed by atoms with Crippen LogP contribution in [0.15, 0.2) is 29.6 Å². The number of aryl methyl sites for hydroxylation is 2. The molecule has 19 heavy (non-hydrogen) atoms. The van der Waals surface area contributed by atoms with Crippen molar-refractivity contribution in [1.29, 1.82) is 0 Å². The van der Waals surface area contributed by atoms with Gasteiger partial charge in [0.25, 0.3) is 5.91 Å². The van der Waals surface area contributed by atoms with Gasteiger partial charge >= 0.3 is 0 Å². The molecule has 0 fully saturated rings. The van der Waals surface area contributed by atoms with Gasteiger partial charge in [0.05, 0.1) is 6.20 Å². The second-order valence-corrected chi connectivity index (χ2v) is 5.06. The van der Waals surface area contributed by atoms with Gasteiger partial charge in [0.15, 0.2) is 10.1 Å². The van der Waals surface area contributed by atoms with Crippen LogP contribution in [0.5, 0.6) is 0 Å². The second kappa shape index (κ2) is 5.71. The molecular weight excluding hydrogens is 262 g/mol. The van der Waals surface area contributed by atoms with Gasteiger partial charge < -0.3 is 0 Å². The number of nitrogens with zero attached hydrogens (tertiary/aromatic N) is 2. The van der Waals surface area contributed by atoms with E-state index in [4.69, 9.17) is 0 Å². The number of amides is 1. The zero-order valence-corrected chi connectivity index (χ0v) is 11.5. The normalized spacial score (nSPS) is 10.2. The molecule has 6 heteroatoms. The molecule has 0 aliphatic rings. The lowest BCUT2D eigenvalue weighted by Crippen LogP contribution is -2.13. The smallest absolute Gasteiger partial charge is 0.257 e. The molecule has 0 aliphatic heterocycles. The summed E-state index contributed by atoms with van der Waals surface area (Å²) < 4.78 is 0. The van der Waals surface area contributed by atoms with Crippen LogP contribution in [0.4, 0.5) is 10.1 Å². The predicted octanol–water partition coefficient (Wildman–Crippen LogP) is 3.66. The molecule has 0 radical (unpaired) electrons. The highest BCUT2D eigenvalue weighted by molar-refractivity contribution is 7.19. The number of nitrogens with one attached hydrogen (secondary N) is 1. The Hall–Kier alpha value is -2.08. The van der Waals surface area contributed by atoms with Gasteiger partial charge in [-0.05, 0) is 35.7 Å². The number of nitroso groups, excluding NO2 is 1. The minimum Gasteiger partial charge on any atom is -0.298 e. The molecule has 0 aliphatic carbocycles. The largest absolute Gasteiger partial charge is 0.298 e. The molecule has 0 saturated heterocycles. The first-order chi connectivity index (χ1) is 9.13.